The zero-order valence-electron chi connectivity index (χ0n) is 11.7. The number of nitrogens with one attached hydrogen (secondary N) is 2. The van der Waals surface area contributed by atoms with Crippen LogP contribution in [0, 0.1) is 0 Å². The summed E-state index contributed by atoms with van der Waals surface area (Å²) in [4.78, 5) is 25.1. The van der Waals surface area contributed by atoms with Crippen molar-refractivity contribution in [1.82, 2.24) is 15.5 Å². The van der Waals surface area contributed by atoms with Gasteiger partial charge in [-0.1, -0.05) is 0 Å². The molecule has 0 saturated heterocycles. The fraction of sp³-hybridized carbons (Fsp3) is 0.846. The molecule has 0 aromatic carbocycles. The third-order valence-electron chi connectivity index (χ3n) is 3.61. The Labute approximate surface area is 109 Å². The van der Waals surface area contributed by atoms with Gasteiger partial charge in [0.15, 0.2) is 0 Å². The van der Waals surface area contributed by atoms with E-state index in [0.717, 1.165) is 25.9 Å². The van der Waals surface area contributed by atoms with Crippen molar-refractivity contribution in [1.29, 1.82) is 0 Å². The van der Waals surface area contributed by atoms with E-state index in [-0.39, 0.29) is 17.5 Å². The molecule has 5 heteroatoms. The molecule has 104 valence electrons. The number of rotatable bonds is 6. The molecule has 1 aliphatic rings. The van der Waals surface area contributed by atoms with Gasteiger partial charge in [-0.3, -0.25) is 4.79 Å². The highest BCUT2D eigenvalue weighted by molar-refractivity contribution is 5.78. The molecule has 1 aliphatic carbocycles. The molecule has 1 rings (SSSR count). The molecule has 0 heterocycles. The first-order valence-electron chi connectivity index (χ1n) is 6.84. The molecule has 0 spiro atoms. The van der Waals surface area contributed by atoms with Gasteiger partial charge in [-0.05, 0) is 40.0 Å². The van der Waals surface area contributed by atoms with Crippen LogP contribution in [0.5, 0.6) is 0 Å². The first-order chi connectivity index (χ1) is 8.50. The van der Waals surface area contributed by atoms with E-state index in [1.54, 1.807) is 4.90 Å². The van der Waals surface area contributed by atoms with E-state index in [0.29, 0.717) is 13.0 Å². The normalized spacial score (nSPS) is 16.6. The smallest absolute Gasteiger partial charge is 0.315 e. The first-order valence-corrected chi connectivity index (χ1v) is 6.84. The largest absolute Gasteiger partial charge is 0.343 e. The lowest BCUT2D eigenvalue weighted by Crippen LogP contribution is -2.54. The number of carbonyl (C=O) groups excluding carboxylic acids is 2. The highest BCUT2D eigenvalue weighted by atomic mass is 16.2. The van der Waals surface area contributed by atoms with E-state index >= 15 is 0 Å². The van der Waals surface area contributed by atoms with Gasteiger partial charge in [0.2, 0.25) is 5.91 Å². The number of urea groups is 1. The second-order valence-electron chi connectivity index (χ2n) is 5.11. The molecule has 2 N–H and O–H groups in total. The van der Waals surface area contributed by atoms with Gasteiger partial charge in [0.05, 0.1) is 0 Å². The summed E-state index contributed by atoms with van der Waals surface area (Å²) in [7, 11) is 0. The van der Waals surface area contributed by atoms with Crippen LogP contribution < -0.4 is 10.6 Å². The lowest BCUT2D eigenvalue weighted by Gasteiger charge is -2.39. The lowest BCUT2D eigenvalue weighted by molar-refractivity contribution is -0.130. The van der Waals surface area contributed by atoms with Gasteiger partial charge in [0.1, 0.15) is 0 Å². The van der Waals surface area contributed by atoms with Crippen molar-refractivity contribution in [2.75, 3.05) is 19.6 Å². The van der Waals surface area contributed by atoms with Crippen molar-refractivity contribution in [3.05, 3.63) is 0 Å². The van der Waals surface area contributed by atoms with Crippen LogP contribution >= 0.6 is 0 Å². The molecule has 3 amide bonds. The minimum Gasteiger partial charge on any atom is -0.343 e. The number of hydrogen-bond acceptors (Lipinski definition) is 2. The van der Waals surface area contributed by atoms with Crippen molar-refractivity contribution >= 4 is 11.9 Å². The minimum absolute atomic E-state index is 0.0348. The van der Waals surface area contributed by atoms with E-state index in [2.05, 4.69) is 17.6 Å². The number of carbonyl (C=O) groups is 2. The Morgan fingerprint density at radius 2 is 1.83 bits per heavy atom. The van der Waals surface area contributed by atoms with E-state index in [1.807, 2.05) is 13.8 Å². The zero-order chi connectivity index (χ0) is 13.6. The highest BCUT2D eigenvalue weighted by Crippen LogP contribution is 2.30. The molecule has 1 fully saturated rings. The Balaban J connectivity index is 2.17. The molecular formula is C13H25N3O2. The maximum atomic E-state index is 11.7. The molecule has 5 nitrogen and oxygen atoms in total. The average Bonchev–Trinajstić information content (AvgIpc) is 2.28. The molecule has 18 heavy (non-hydrogen) atoms. The second-order valence-corrected chi connectivity index (χ2v) is 5.11. The van der Waals surface area contributed by atoms with E-state index in [1.165, 1.54) is 6.42 Å². The maximum absolute atomic E-state index is 11.7. The summed E-state index contributed by atoms with van der Waals surface area (Å²) in [6.07, 6.45) is 3.63. The van der Waals surface area contributed by atoms with Crippen LogP contribution in [0.3, 0.4) is 0 Å². The van der Waals surface area contributed by atoms with Gasteiger partial charge in [0, 0.05) is 31.6 Å². The van der Waals surface area contributed by atoms with Gasteiger partial charge in [-0.15, -0.1) is 0 Å². The van der Waals surface area contributed by atoms with Gasteiger partial charge < -0.3 is 15.5 Å². The van der Waals surface area contributed by atoms with Crippen molar-refractivity contribution in [2.45, 2.75) is 52.0 Å². The molecule has 0 unspecified atom stereocenters. The fourth-order valence-electron chi connectivity index (χ4n) is 2.17. The van der Waals surface area contributed by atoms with Crippen LogP contribution in [0.1, 0.15) is 46.5 Å². The van der Waals surface area contributed by atoms with Crippen molar-refractivity contribution < 1.29 is 9.59 Å². The van der Waals surface area contributed by atoms with E-state index in [4.69, 9.17) is 0 Å². The third-order valence-corrected chi connectivity index (χ3v) is 3.61. The zero-order valence-corrected chi connectivity index (χ0v) is 11.7. The lowest BCUT2D eigenvalue weighted by atomic mass is 9.79. The first kappa shape index (κ1) is 14.8. The second kappa shape index (κ2) is 6.61. The quantitative estimate of drug-likeness (QED) is 0.755. The van der Waals surface area contributed by atoms with Crippen molar-refractivity contribution in [2.24, 2.45) is 0 Å². The minimum atomic E-state index is -0.162. The number of hydrogen-bond donors (Lipinski definition) is 2. The Morgan fingerprint density at radius 3 is 2.28 bits per heavy atom. The average molecular weight is 255 g/mol. The molecule has 0 bridgehead atoms. The Bertz CT molecular complexity index is 297. The summed E-state index contributed by atoms with van der Waals surface area (Å²) < 4.78 is 0. The molecule has 0 aromatic heterocycles. The van der Waals surface area contributed by atoms with Crippen LogP contribution in [-0.4, -0.2) is 42.0 Å². The molecular weight excluding hydrogens is 230 g/mol. The van der Waals surface area contributed by atoms with Gasteiger partial charge in [0.25, 0.3) is 0 Å². The standard InChI is InChI=1S/C13H25N3O2/c1-4-16(5-2)11(17)7-10-14-12(18)15-13(3)8-6-9-13/h4-10H2,1-3H3,(H2,14,15,18). The van der Waals surface area contributed by atoms with Crippen LogP contribution in [0.25, 0.3) is 0 Å². The molecule has 1 saturated carbocycles. The predicted octanol–water partition coefficient (Wildman–Crippen LogP) is 1.49. The third kappa shape index (κ3) is 4.20. The number of nitrogens with zero attached hydrogens (tertiary/aromatic N) is 1. The SMILES string of the molecule is CCN(CC)C(=O)CCNC(=O)NC1(C)CCC1. The number of amides is 3. The van der Waals surface area contributed by atoms with Crippen LogP contribution in [0.4, 0.5) is 4.79 Å². The Hall–Kier alpha value is -1.26. The Morgan fingerprint density at radius 1 is 1.22 bits per heavy atom. The van der Waals surface area contributed by atoms with Crippen LogP contribution in [0.2, 0.25) is 0 Å². The van der Waals surface area contributed by atoms with Gasteiger partial charge in [-0.25, -0.2) is 4.79 Å². The van der Waals surface area contributed by atoms with E-state index < -0.39 is 0 Å². The summed E-state index contributed by atoms with van der Waals surface area (Å²) in [5.74, 6) is 0.0927. The predicted molar refractivity (Wildman–Crippen MR) is 71.3 cm³/mol. The van der Waals surface area contributed by atoms with Crippen molar-refractivity contribution in [3.8, 4) is 0 Å². The molecule has 0 atom stereocenters. The summed E-state index contributed by atoms with van der Waals surface area (Å²) in [6, 6.07) is -0.162. The van der Waals surface area contributed by atoms with E-state index in [9.17, 15) is 9.59 Å². The van der Waals surface area contributed by atoms with Crippen molar-refractivity contribution in [3.63, 3.8) is 0 Å². The molecule has 0 aliphatic heterocycles. The molecule has 0 aromatic rings. The van der Waals surface area contributed by atoms with Gasteiger partial charge >= 0.3 is 6.03 Å². The summed E-state index contributed by atoms with van der Waals surface area (Å²) in [6.45, 7) is 7.81. The Kier molecular flexibility index (Phi) is 5.44. The van der Waals surface area contributed by atoms with Crippen LogP contribution in [0.15, 0.2) is 0 Å². The highest BCUT2D eigenvalue weighted by Gasteiger charge is 2.32. The summed E-state index contributed by atoms with van der Waals surface area (Å²) >= 11 is 0. The topological polar surface area (TPSA) is 61.4 Å². The summed E-state index contributed by atoms with van der Waals surface area (Å²) in [5.41, 5.74) is -0.0348. The fourth-order valence-corrected chi connectivity index (χ4v) is 2.17. The monoisotopic (exact) mass is 255 g/mol. The van der Waals surface area contributed by atoms with Gasteiger partial charge in [-0.2, -0.15) is 0 Å². The maximum Gasteiger partial charge on any atom is 0.315 e. The summed E-state index contributed by atoms with van der Waals surface area (Å²) in [5, 5.41) is 5.69. The molecule has 0 radical (unpaired) electrons. The van der Waals surface area contributed by atoms with Crippen LogP contribution in [-0.2, 0) is 4.79 Å².